The number of aliphatic hydroxyl groups excluding tert-OH is 8. The molecule has 15 nitrogen and oxygen atoms in total. The molecule has 0 radical (unpaired) electrons. The van der Waals surface area contributed by atoms with Crippen LogP contribution in [0, 0.1) is 0 Å². The molecule has 0 spiro atoms. The predicted molar refractivity (Wildman–Crippen MR) is 110 cm³/mol. The van der Waals surface area contributed by atoms with E-state index in [1.807, 2.05) is 0 Å². The molecule has 0 bridgehead atoms. The molecule has 1 amide bonds. The van der Waals surface area contributed by atoms with Gasteiger partial charge in [0.1, 0.15) is 54.9 Å². The lowest BCUT2D eigenvalue weighted by molar-refractivity contribution is -0.372. The lowest BCUT2D eigenvalue weighted by Gasteiger charge is -2.48. The molecule has 3 saturated heterocycles. The minimum absolute atomic E-state index is 0.188. The molecule has 3 fully saturated rings. The zero-order valence-electron chi connectivity index (χ0n) is 19.2. The molecule has 0 aliphatic carbocycles. The molecule has 0 saturated carbocycles. The molecule has 15 heteroatoms. The van der Waals surface area contributed by atoms with Crippen molar-refractivity contribution < 1.29 is 69.3 Å². The van der Waals surface area contributed by atoms with Gasteiger partial charge in [0, 0.05) is 13.3 Å². The van der Waals surface area contributed by atoms with Gasteiger partial charge >= 0.3 is 0 Å². The van der Waals surface area contributed by atoms with Crippen LogP contribution in [-0.2, 0) is 28.5 Å². The van der Waals surface area contributed by atoms with Crippen molar-refractivity contribution in [2.24, 2.45) is 0 Å². The zero-order chi connectivity index (χ0) is 26.0. The molecule has 3 aliphatic heterocycles. The van der Waals surface area contributed by atoms with Crippen molar-refractivity contribution in [2.45, 2.75) is 106 Å². The van der Waals surface area contributed by atoms with Crippen LogP contribution in [0.5, 0.6) is 0 Å². The van der Waals surface area contributed by atoms with E-state index in [0.717, 1.165) is 6.92 Å². The zero-order valence-corrected chi connectivity index (χ0v) is 19.2. The van der Waals surface area contributed by atoms with E-state index in [1.54, 1.807) is 0 Å². The average Bonchev–Trinajstić information content (AvgIpc) is 2.80. The van der Waals surface area contributed by atoms with E-state index >= 15 is 0 Å². The first-order valence-electron chi connectivity index (χ1n) is 11.3. The van der Waals surface area contributed by atoms with Gasteiger partial charge in [-0.3, -0.25) is 4.79 Å². The van der Waals surface area contributed by atoms with Gasteiger partial charge in [-0.05, 0) is 6.92 Å². The average molecular weight is 513 g/mol. The van der Waals surface area contributed by atoms with Gasteiger partial charge in [0.05, 0.1) is 25.4 Å². The predicted octanol–water partition coefficient (Wildman–Crippen LogP) is -5.37. The van der Waals surface area contributed by atoms with Crippen molar-refractivity contribution in [3.05, 3.63) is 0 Å². The van der Waals surface area contributed by atoms with Gasteiger partial charge in [-0.1, -0.05) is 0 Å². The summed E-state index contributed by atoms with van der Waals surface area (Å²) >= 11 is 0. The van der Waals surface area contributed by atoms with Crippen molar-refractivity contribution >= 4 is 5.91 Å². The van der Waals surface area contributed by atoms with E-state index < -0.39 is 105 Å². The summed E-state index contributed by atoms with van der Waals surface area (Å²) in [5.74, 6) is -0.587. The Morgan fingerprint density at radius 1 is 0.857 bits per heavy atom. The minimum Gasteiger partial charge on any atom is -0.394 e. The van der Waals surface area contributed by atoms with Gasteiger partial charge < -0.3 is 69.9 Å². The Bertz CT molecular complexity index is 689. The molecule has 3 heterocycles. The maximum absolute atomic E-state index is 11.5. The third-order valence-electron chi connectivity index (χ3n) is 6.34. The fraction of sp³-hybridized carbons (Fsp3) is 0.950. The van der Waals surface area contributed by atoms with E-state index in [4.69, 9.17) is 23.7 Å². The summed E-state index contributed by atoms with van der Waals surface area (Å²) in [5, 5.41) is 83.5. The Balaban J connectivity index is 1.82. The first kappa shape index (κ1) is 28.5. The van der Waals surface area contributed by atoms with Crippen molar-refractivity contribution in [1.29, 1.82) is 0 Å². The van der Waals surface area contributed by atoms with Crippen molar-refractivity contribution in [1.82, 2.24) is 5.32 Å². The molecule has 14 atom stereocenters. The lowest BCUT2D eigenvalue weighted by Crippen LogP contribution is -2.67. The number of nitrogens with one attached hydrogen (secondary N) is 1. The van der Waals surface area contributed by atoms with Crippen LogP contribution in [0.1, 0.15) is 20.3 Å². The van der Waals surface area contributed by atoms with Crippen LogP contribution in [0.15, 0.2) is 0 Å². The first-order chi connectivity index (χ1) is 16.5. The van der Waals surface area contributed by atoms with Crippen LogP contribution < -0.4 is 5.32 Å². The third-order valence-corrected chi connectivity index (χ3v) is 6.34. The normalized spacial score (nSPS) is 49.0. The Morgan fingerprint density at radius 3 is 2.09 bits per heavy atom. The summed E-state index contributed by atoms with van der Waals surface area (Å²) in [7, 11) is 0. The molecular weight excluding hydrogens is 478 g/mol. The lowest BCUT2D eigenvalue weighted by atomic mass is 9.95. The molecular formula is C20H35NO14. The van der Waals surface area contributed by atoms with Crippen LogP contribution in [-0.4, -0.2) is 146 Å². The summed E-state index contributed by atoms with van der Waals surface area (Å²) < 4.78 is 27.9. The highest BCUT2D eigenvalue weighted by Gasteiger charge is 2.52. The quantitative estimate of drug-likeness (QED) is 0.155. The van der Waals surface area contributed by atoms with Crippen molar-refractivity contribution in [3.8, 4) is 0 Å². The van der Waals surface area contributed by atoms with E-state index in [9.17, 15) is 45.6 Å². The SMILES string of the molecule is CC(=O)N[C@H]1C(O)O[C@H](CO)[C@@H](O[C@@H]2O[C@H](CO)[C@H](O)[C@H](O)[C@H]2O[C@H]2C[C@H](O)[C@H](O)[C@H](C)O2)[C@@H]1O. The number of rotatable bonds is 7. The number of carbonyl (C=O) groups excluding carboxylic acids is 1. The number of aliphatic hydroxyl groups is 8. The molecule has 9 N–H and O–H groups in total. The smallest absolute Gasteiger partial charge is 0.217 e. The number of amides is 1. The van der Waals surface area contributed by atoms with E-state index in [1.165, 1.54) is 6.92 Å². The molecule has 35 heavy (non-hydrogen) atoms. The van der Waals surface area contributed by atoms with Gasteiger partial charge in [-0.25, -0.2) is 0 Å². The summed E-state index contributed by atoms with van der Waals surface area (Å²) in [6.07, 6.45) is -18.3. The van der Waals surface area contributed by atoms with Crippen LogP contribution >= 0.6 is 0 Å². The monoisotopic (exact) mass is 513 g/mol. The highest BCUT2D eigenvalue weighted by atomic mass is 16.8. The molecule has 0 aromatic heterocycles. The summed E-state index contributed by atoms with van der Waals surface area (Å²) in [5.41, 5.74) is 0. The van der Waals surface area contributed by atoms with Gasteiger partial charge in [0.25, 0.3) is 0 Å². The van der Waals surface area contributed by atoms with Crippen LogP contribution in [0.3, 0.4) is 0 Å². The summed E-state index contributed by atoms with van der Waals surface area (Å²) in [6, 6.07) is -1.34. The third kappa shape index (κ3) is 6.27. The van der Waals surface area contributed by atoms with E-state index in [0.29, 0.717) is 0 Å². The van der Waals surface area contributed by atoms with Crippen LogP contribution in [0.2, 0.25) is 0 Å². The number of carbonyl (C=O) groups is 1. The number of ether oxygens (including phenoxy) is 5. The Labute approximate surface area is 200 Å². The molecule has 3 aliphatic rings. The summed E-state index contributed by atoms with van der Waals surface area (Å²) in [4.78, 5) is 11.5. The Kier molecular flexibility index (Phi) is 9.78. The Morgan fingerprint density at radius 2 is 1.51 bits per heavy atom. The van der Waals surface area contributed by atoms with Gasteiger partial charge in [0.2, 0.25) is 5.91 Å². The molecule has 204 valence electrons. The Hall–Kier alpha value is -1.05. The second-order valence-corrected chi connectivity index (χ2v) is 8.94. The minimum atomic E-state index is -1.69. The maximum atomic E-state index is 11.5. The standard InChI is InChI=1S/C20H35NO14/c1-6-13(26)8(25)3-11(31-6)34-18-16(29)14(27)9(4-22)33-20(18)35-17-10(5-23)32-19(30)12(15(17)28)21-7(2)24/h6,8-20,22-23,25-30H,3-5H2,1-2H3,(H,21,24)/t6-,8-,9+,10+,11-,12+,13+,14-,15+,16-,17+,18+,19?,20-/m0/s1. The molecule has 0 aromatic carbocycles. The van der Waals surface area contributed by atoms with Gasteiger partial charge in [-0.15, -0.1) is 0 Å². The highest BCUT2D eigenvalue weighted by molar-refractivity contribution is 5.73. The van der Waals surface area contributed by atoms with Gasteiger partial charge in [-0.2, -0.15) is 0 Å². The van der Waals surface area contributed by atoms with Crippen molar-refractivity contribution in [3.63, 3.8) is 0 Å². The van der Waals surface area contributed by atoms with Gasteiger partial charge in [0.15, 0.2) is 18.9 Å². The largest absolute Gasteiger partial charge is 0.394 e. The topological polar surface area (TPSA) is 237 Å². The molecule has 0 aromatic rings. The highest BCUT2D eigenvalue weighted by Crippen LogP contribution is 2.32. The second kappa shape index (κ2) is 12.0. The fourth-order valence-electron chi connectivity index (χ4n) is 4.39. The van der Waals surface area contributed by atoms with Crippen LogP contribution in [0.4, 0.5) is 0 Å². The maximum Gasteiger partial charge on any atom is 0.217 e. The fourth-order valence-corrected chi connectivity index (χ4v) is 4.39. The number of hydrogen-bond donors (Lipinski definition) is 9. The summed E-state index contributed by atoms with van der Waals surface area (Å²) in [6.45, 7) is 1.22. The first-order valence-corrected chi connectivity index (χ1v) is 11.3. The van der Waals surface area contributed by atoms with E-state index in [2.05, 4.69) is 5.32 Å². The van der Waals surface area contributed by atoms with E-state index in [-0.39, 0.29) is 6.42 Å². The van der Waals surface area contributed by atoms with Crippen LogP contribution in [0.25, 0.3) is 0 Å². The molecule has 3 rings (SSSR count). The second-order valence-electron chi connectivity index (χ2n) is 8.94. The number of hydrogen-bond acceptors (Lipinski definition) is 14. The molecule has 1 unspecified atom stereocenters. The van der Waals surface area contributed by atoms with Crippen molar-refractivity contribution in [2.75, 3.05) is 13.2 Å².